The standard InChI is InChI=1S/C13H16FN3/c1-9-7-10(3-4-11(9)14)13-12(5-6-15)17(2)8-16-13/h3-4,7-8H,5-6,15H2,1-2H3. The number of nitrogens with zero attached hydrogens (tertiary/aromatic N) is 2. The second-order valence-electron chi connectivity index (χ2n) is 4.15. The fourth-order valence-electron chi connectivity index (χ4n) is 1.92. The molecule has 0 aliphatic carbocycles. The molecule has 3 nitrogen and oxygen atoms in total. The Labute approximate surface area is 100 Å². The first-order valence-electron chi connectivity index (χ1n) is 5.60. The molecule has 0 saturated heterocycles. The predicted octanol–water partition coefficient (Wildman–Crippen LogP) is 2.04. The van der Waals surface area contributed by atoms with E-state index in [0.29, 0.717) is 12.1 Å². The van der Waals surface area contributed by atoms with Crippen molar-refractivity contribution in [1.82, 2.24) is 9.55 Å². The number of hydrogen-bond donors (Lipinski definition) is 1. The van der Waals surface area contributed by atoms with E-state index in [9.17, 15) is 4.39 Å². The quantitative estimate of drug-likeness (QED) is 0.881. The highest BCUT2D eigenvalue weighted by atomic mass is 19.1. The van der Waals surface area contributed by atoms with Crippen LogP contribution in [0.1, 0.15) is 11.3 Å². The summed E-state index contributed by atoms with van der Waals surface area (Å²) in [4.78, 5) is 4.36. The number of aromatic nitrogens is 2. The number of nitrogens with two attached hydrogens (primary N) is 1. The van der Waals surface area contributed by atoms with Crippen LogP contribution in [0.2, 0.25) is 0 Å². The van der Waals surface area contributed by atoms with Gasteiger partial charge in [0.05, 0.1) is 12.0 Å². The van der Waals surface area contributed by atoms with Gasteiger partial charge in [-0.05, 0) is 37.2 Å². The van der Waals surface area contributed by atoms with Gasteiger partial charge >= 0.3 is 0 Å². The van der Waals surface area contributed by atoms with Crippen LogP contribution < -0.4 is 5.73 Å². The molecule has 2 aromatic rings. The van der Waals surface area contributed by atoms with Crippen molar-refractivity contribution in [2.45, 2.75) is 13.3 Å². The maximum absolute atomic E-state index is 13.2. The molecule has 17 heavy (non-hydrogen) atoms. The van der Waals surface area contributed by atoms with Crippen molar-refractivity contribution in [3.8, 4) is 11.3 Å². The Morgan fingerprint density at radius 2 is 2.18 bits per heavy atom. The molecule has 1 aromatic heterocycles. The van der Waals surface area contributed by atoms with Crippen molar-refractivity contribution in [2.75, 3.05) is 6.54 Å². The monoisotopic (exact) mass is 233 g/mol. The fraction of sp³-hybridized carbons (Fsp3) is 0.308. The lowest BCUT2D eigenvalue weighted by molar-refractivity contribution is 0.618. The van der Waals surface area contributed by atoms with Crippen LogP contribution in [0.3, 0.4) is 0 Å². The largest absolute Gasteiger partial charge is 0.337 e. The summed E-state index contributed by atoms with van der Waals surface area (Å²) in [5, 5.41) is 0. The van der Waals surface area contributed by atoms with Crippen LogP contribution in [0.5, 0.6) is 0 Å². The number of aryl methyl sites for hydroxylation is 2. The Balaban J connectivity index is 2.48. The third-order valence-corrected chi connectivity index (χ3v) is 2.87. The Hall–Kier alpha value is -1.68. The first kappa shape index (κ1) is 11.8. The highest BCUT2D eigenvalue weighted by Gasteiger charge is 2.11. The van der Waals surface area contributed by atoms with Gasteiger partial charge in [0, 0.05) is 24.7 Å². The van der Waals surface area contributed by atoms with Gasteiger partial charge in [0.2, 0.25) is 0 Å². The molecule has 0 fully saturated rings. The summed E-state index contributed by atoms with van der Waals surface area (Å²) in [6.07, 6.45) is 2.53. The van der Waals surface area contributed by atoms with Crippen LogP contribution in [0, 0.1) is 12.7 Å². The van der Waals surface area contributed by atoms with E-state index in [1.54, 1.807) is 19.3 Å². The summed E-state index contributed by atoms with van der Waals surface area (Å²) in [5.74, 6) is -0.190. The summed E-state index contributed by atoms with van der Waals surface area (Å²) in [7, 11) is 1.94. The van der Waals surface area contributed by atoms with Crippen LogP contribution in [-0.2, 0) is 13.5 Å². The minimum absolute atomic E-state index is 0.190. The van der Waals surface area contributed by atoms with Gasteiger partial charge in [-0.15, -0.1) is 0 Å². The number of imidazole rings is 1. The topological polar surface area (TPSA) is 43.8 Å². The van der Waals surface area contributed by atoms with Crippen molar-refractivity contribution in [3.05, 3.63) is 41.6 Å². The number of halogens is 1. The molecule has 1 aromatic carbocycles. The first-order chi connectivity index (χ1) is 8.13. The number of benzene rings is 1. The molecule has 0 atom stereocenters. The molecule has 0 spiro atoms. The van der Waals surface area contributed by atoms with E-state index in [-0.39, 0.29) is 5.82 Å². The summed E-state index contributed by atoms with van der Waals surface area (Å²) in [6, 6.07) is 5.05. The van der Waals surface area contributed by atoms with E-state index >= 15 is 0 Å². The molecule has 2 rings (SSSR count). The Morgan fingerprint density at radius 1 is 1.41 bits per heavy atom. The van der Waals surface area contributed by atoms with Crippen LogP contribution in [-0.4, -0.2) is 16.1 Å². The van der Waals surface area contributed by atoms with Crippen LogP contribution in [0.25, 0.3) is 11.3 Å². The third kappa shape index (κ3) is 2.22. The minimum atomic E-state index is -0.190. The normalized spacial score (nSPS) is 10.8. The fourth-order valence-corrected chi connectivity index (χ4v) is 1.92. The molecule has 0 bridgehead atoms. The van der Waals surface area contributed by atoms with Gasteiger partial charge in [-0.1, -0.05) is 0 Å². The zero-order valence-electron chi connectivity index (χ0n) is 10.1. The molecule has 0 radical (unpaired) electrons. The zero-order valence-corrected chi connectivity index (χ0v) is 10.1. The average Bonchev–Trinajstić information content (AvgIpc) is 2.66. The molecule has 4 heteroatoms. The second-order valence-corrected chi connectivity index (χ2v) is 4.15. The van der Waals surface area contributed by atoms with Crippen LogP contribution >= 0.6 is 0 Å². The Kier molecular flexibility index (Phi) is 3.24. The summed E-state index contributed by atoms with van der Waals surface area (Å²) in [6.45, 7) is 2.33. The second kappa shape index (κ2) is 4.67. The molecule has 0 amide bonds. The third-order valence-electron chi connectivity index (χ3n) is 2.87. The van der Waals surface area contributed by atoms with Crippen molar-refractivity contribution in [1.29, 1.82) is 0 Å². The van der Waals surface area contributed by atoms with Crippen molar-refractivity contribution < 1.29 is 4.39 Å². The molecule has 2 N–H and O–H groups in total. The summed E-state index contributed by atoms with van der Waals surface area (Å²) < 4.78 is 15.2. The molecular formula is C13H16FN3. The molecule has 1 heterocycles. The molecule has 90 valence electrons. The summed E-state index contributed by atoms with van der Waals surface area (Å²) >= 11 is 0. The van der Waals surface area contributed by atoms with E-state index in [1.807, 2.05) is 17.7 Å². The van der Waals surface area contributed by atoms with Gasteiger partial charge in [0.15, 0.2) is 0 Å². The van der Waals surface area contributed by atoms with E-state index in [1.165, 1.54) is 6.07 Å². The van der Waals surface area contributed by atoms with Crippen molar-refractivity contribution in [3.63, 3.8) is 0 Å². The lowest BCUT2D eigenvalue weighted by atomic mass is 10.1. The van der Waals surface area contributed by atoms with Gasteiger partial charge in [-0.2, -0.15) is 0 Å². The number of hydrogen-bond acceptors (Lipinski definition) is 2. The van der Waals surface area contributed by atoms with E-state index in [2.05, 4.69) is 4.98 Å². The van der Waals surface area contributed by atoms with E-state index in [4.69, 9.17) is 5.73 Å². The van der Waals surface area contributed by atoms with E-state index < -0.39 is 0 Å². The Bertz CT molecular complexity index is 531. The van der Waals surface area contributed by atoms with Crippen LogP contribution in [0.15, 0.2) is 24.5 Å². The lowest BCUT2D eigenvalue weighted by Gasteiger charge is -2.06. The lowest BCUT2D eigenvalue weighted by Crippen LogP contribution is -2.07. The van der Waals surface area contributed by atoms with Gasteiger partial charge in [0.1, 0.15) is 5.82 Å². The minimum Gasteiger partial charge on any atom is -0.337 e. The van der Waals surface area contributed by atoms with Gasteiger partial charge in [-0.3, -0.25) is 0 Å². The molecule has 0 aliphatic rings. The van der Waals surface area contributed by atoms with Crippen molar-refractivity contribution in [2.24, 2.45) is 12.8 Å². The molecule has 0 unspecified atom stereocenters. The van der Waals surface area contributed by atoms with Crippen LogP contribution in [0.4, 0.5) is 4.39 Å². The highest BCUT2D eigenvalue weighted by Crippen LogP contribution is 2.24. The number of rotatable bonds is 3. The van der Waals surface area contributed by atoms with Crippen molar-refractivity contribution >= 4 is 0 Å². The van der Waals surface area contributed by atoms with E-state index in [0.717, 1.165) is 23.4 Å². The zero-order chi connectivity index (χ0) is 12.4. The highest BCUT2D eigenvalue weighted by molar-refractivity contribution is 5.63. The molecule has 0 aliphatic heterocycles. The first-order valence-corrected chi connectivity index (χ1v) is 5.60. The SMILES string of the molecule is Cc1cc(-c2ncn(C)c2CCN)ccc1F. The van der Waals surface area contributed by atoms with Gasteiger partial charge in [-0.25, -0.2) is 9.37 Å². The maximum Gasteiger partial charge on any atom is 0.126 e. The maximum atomic E-state index is 13.2. The summed E-state index contributed by atoms with van der Waals surface area (Å²) in [5.41, 5.74) is 9.13. The smallest absolute Gasteiger partial charge is 0.126 e. The molecule has 0 saturated carbocycles. The van der Waals surface area contributed by atoms with Gasteiger partial charge in [0.25, 0.3) is 0 Å². The average molecular weight is 233 g/mol. The molecular weight excluding hydrogens is 217 g/mol. The predicted molar refractivity (Wildman–Crippen MR) is 66.1 cm³/mol. The Morgan fingerprint density at radius 3 is 2.82 bits per heavy atom. The van der Waals surface area contributed by atoms with Gasteiger partial charge < -0.3 is 10.3 Å².